The van der Waals surface area contributed by atoms with Crippen LogP contribution in [0.2, 0.25) is 0 Å². The van der Waals surface area contributed by atoms with E-state index in [9.17, 15) is 0 Å². The highest BCUT2D eigenvalue weighted by Gasteiger charge is 2.15. The molecule has 110 valence electrons. The van der Waals surface area contributed by atoms with Crippen molar-refractivity contribution in [3.8, 4) is 11.4 Å². The minimum absolute atomic E-state index is 0.237. The van der Waals surface area contributed by atoms with Crippen LogP contribution in [-0.4, -0.2) is 26.0 Å². The monoisotopic (exact) mass is 303 g/mol. The van der Waals surface area contributed by atoms with Gasteiger partial charge in [0.25, 0.3) is 0 Å². The van der Waals surface area contributed by atoms with Crippen molar-refractivity contribution in [3.63, 3.8) is 0 Å². The van der Waals surface area contributed by atoms with Gasteiger partial charge in [0.15, 0.2) is 0 Å². The summed E-state index contributed by atoms with van der Waals surface area (Å²) in [6, 6.07) is 4.39. The maximum atomic E-state index is 5.27. The average Bonchev–Trinajstić information content (AvgIpc) is 3.25. The van der Waals surface area contributed by atoms with Crippen LogP contribution in [0.15, 0.2) is 39.8 Å². The molecule has 0 radical (unpaired) electrons. The fourth-order valence-corrected chi connectivity index (χ4v) is 2.64. The summed E-state index contributed by atoms with van der Waals surface area (Å²) in [6.45, 7) is 4.78. The Labute approximate surface area is 126 Å². The topological polar surface area (TPSA) is 68.8 Å². The second-order valence-electron chi connectivity index (χ2n) is 4.92. The fraction of sp³-hybridized carbons (Fsp3) is 0.357. The third kappa shape index (κ3) is 3.20. The van der Waals surface area contributed by atoms with Gasteiger partial charge in [-0.1, -0.05) is 5.16 Å². The molecule has 3 aromatic rings. The molecule has 2 atom stereocenters. The molecule has 0 aromatic carbocycles. The lowest BCUT2D eigenvalue weighted by molar-refractivity contribution is 0.325. The van der Waals surface area contributed by atoms with Crippen LogP contribution < -0.4 is 5.32 Å². The minimum Gasteiger partial charge on any atom is -0.338 e. The maximum Gasteiger partial charge on any atom is 0.240 e. The molecule has 0 aliphatic rings. The molecule has 0 amide bonds. The zero-order valence-corrected chi connectivity index (χ0v) is 12.7. The molecule has 0 bridgehead atoms. The lowest BCUT2D eigenvalue weighted by atomic mass is 10.2. The Morgan fingerprint density at radius 2 is 2.33 bits per heavy atom. The molecule has 2 unspecified atom stereocenters. The summed E-state index contributed by atoms with van der Waals surface area (Å²) >= 11 is 1.62. The Morgan fingerprint density at radius 3 is 3.05 bits per heavy atom. The predicted octanol–water partition coefficient (Wildman–Crippen LogP) is 2.73. The maximum absolute atomic E-state index is 5.27. The molecular weight excluding hydrogens is 286 g/mol. The van der Waals surface area contributed by atoms with Crippen molar-refractivity contribution < 1.29 is 4.52 Å². The summed E-state index contributed by atoms with van der Waals surface area (Å²) in [7, 11) is 0. The summed E-state index contributed by atoms with van der Waals surface area (Å²) in [5.74, 6) is 1.23. The first-order valence-corrected chi connectivity index (χ1v) is 7.76. The van der Waals surface area contributed by atoms with Crippen molar-refractivity contribution in [2.75, 3.05) is 0 Å². The number of nitrogens with one attached hydrogen (secondary N) is 1. The standard InChI is InChI=1S/C14H17N5OS/c1-10(11(2)19-6-3-5-16-19)15-8-13-17-14(18-20-13)12-4-7-21-9-12/h3-7,9-11,15H,8H2,1-2H3. The molecule has 0 aliphatic heterocycles. The first-order valence-electron chi connectivity index (χ1n) is 6.81. The van der Waals surface area contributed by atoms with Crippen molar-refractivity contribution in [3.05, 3.63) is 41.2 Å². The quantitative estimate of drug-likeness (QED) is 0.758. The van der Waals surface area contributed by atoms with Gasteiger partial charge in [-0.05, 0) is 31.4 Å². The molecular formula is C14H17N5OS. The van der Waals surface area contributed by atoms with E-state index in [0.29, 0.717) is 18.3 Å². The van der Waals surface area contributed by atoms with Crippen molar-refractivity contribution in [2.24, 2.45) is 0 Å². The van der Waals surface area contributed by atoms with Crippen LogP contribution >= 0.6 is 11.3 Å². The van der Waals surface area contributed by atoms with Gasteiger partial charge in [-0.2, -0.15) is 21.4 Å². The Morgan fingerprint density at radius 1 is 1.43 bits per heavy atom. The number of rotatable bonds is 6. The fourth-order valence-electron chi connectivity index (χ4n) is 2.01. The highest BCUT2D eigenvalue weighted by molar-refractivity contribution is 7.08. The van der Waals surface area contributed by atoms with E-state index in [1.54, 1.807) is 17.5 Å². The normalized spacial score (nSPS) is 14.2. The lowest BCUT2D eigenvalue weighted by Crippen LogP contribution is -2.33. The smallest absolute Gasteiger partial charge is 0.240 e. The van der Waals surface area contributed by atoms with Crippen LogP contribution in [0.25, 0.3) is 11.4 Å². The number of thiophene rings is 1. The van der Waals surface area contributed by atoms with E-state index in [1.807, 2.05) is 33.8 Å². The van der Waals surface area contributed by atoms with Gasteiger partial charge in [0.2, 0.25) is 11.7 Å². The van der Waals surface area contributed by atoms with Crippen LogP contribution in [-0.2, 0) is 6.54 Å². The second kappa shape index (κ2) is 6.19. The minimum atomic E-state index is 0.237. The van der Waals surface area contributed by atoms with Crippen molar-refractivity contribution >= 4 is 11.3 Å². The number of aromatic nitrogens is 4. The summed E-state index contributed by atoms with van der Waals surface area (Å²) < 4.78 is 7.20. The van der Waals surface area contributed by atoms with E-state index < -0.39 is 0 Å². The van der Waals surface area contributed by atoms with Crippen LogP contribution in [0.5, 0.6) is 0 Å². The molecule has 0 saturated carbocycles. The molecule has 0 fully saturated rings. The molecule has 0 aliphatic carbocycles. The van der Waals surface area contributed by atoms with Gasteiger partial charge < -0.3 is 9.84 Å². The van der Waals surface area contributed by atoms with E-state index >= 15 is 0 Å². The van der Waals surface area contributed by atoms with Crippen molar-refractivity contribution in [2.45, 2.75) is 32.5 Å². The Hall–Kier alpha value is -1.99. The van der Waals surface area contributed by atoms with Crippen molar-refractivity contribution in [1.82, 2.24) is 25.2 Å². The summed E-state index contributed by atoms with van der Waals surface area (Å²) in [6.07, 6.45) is 3.75. The van der Waals surface area contributed by atoms with Crippen LogP contribution in [0.1, 0.15) is 25.8 Å². The number of nitrogens with zero attached hydrogens (tertiary/aromatic N) is 4. The van der Waals surface area contributed by atoms with E-state index in [4.69, 9.17) is 4.52 Å². The first kappa shape index (κ1) is 14.0. The van der Waals surface area contributed by atoms with E-state index in [1.165, 1.54) is 0 Å². The second-order valence-corrected chi connectivity index (χ2v) is 5.70. The van der Waals surface area contributed by atoms with Gasteiger partial charge in [0.1, 0.15) is 0 Å². The van der Waals surface area contributed by atoms with E-state index in [2.05, 4.69) is 34.4 Å². The average molecular weight is 303 g/mol. The molecule has 3 aromatic heterocycles. The molecule has 0 saturated heterocycles. The van der Waals surface area contributed by atoms with Gasteiger partial charge >= 0.3 is 0 Å². The first-order chi connectivity index (χ1) is 10.2. The Balaban J connectivity index is 1.58. The van der Waals surface area contributed by atoms with Crippen LogP contribution in [0.3, 0.4) is 0 Å². The summed E-state index contributed by atoms with van der Waals surface area (Å²) in [5.41, 5.74) is 0.993. The SMILES string of the molecule is CC(NCc1nc(-c2ccsc2)no1)C(C)n1cccn1. The lowest BCUT2D eigenvalue weighted by Gasteiger charge is -2.20. The molecule has 3 rings (SSSR count). The van der Waals surface area contributed by atoms with Gasteiger partial charge in [0.05, 0.1) is 12.6 Å². The van der Waals surface area contributed by atoms with Crippen molar-refractivity contribution in [1.29, 1.82) is 0 Å². The van der Waals surface area contributed by atoms with Gasteiger partial charge in [-0.25, -0.2) is 0 Å². The largest absolute Gasteiger partial charge is 0.338 e. The molecule has 3 heterocycles. The van der Waals surface area contributed by atoms with Gasteiger partial charge in [-0.3, -0.25) is 4.68 Å². The third-order valence-electron chi connectivity index (χ3n) is 3.49. The molecule has 0 spiro atoms. The zero-order chi connectivity index (χ0) is 14.7. The number of hydrogen-bond donors (Lipinski definition) is 1. The number of hydrogen-bond acceptors (Lipinski definition) is 6. The molecule has 21 heavy (non-hydrogen) atoms. The summed E-state index contributed by atoms with van der Waals surface area (Å²) in [4.78, 5) is 4.39. The molecule has 1 N–H and O–H groups in total. The van der Waals surface area contributed by atoms with Gasteiger partial charge in [-0.15, -0.1) is 0 Å². The van der Waals surface area contributed by atoms with Gasteiger partial charge in [0, 0.05) is 29.4 Å². The molecule has 7 heteroatoms. The highest BCUT2D eigenvalue weighted by atomic mass is 32.1. The Bertz CT molecular complexity index is 661. The van der Waals surface area contributed by atoms with Crippen LogP contribution in [0, 0.1) is 0 Å². The Kier molecular flexibility index (Phi) is 4.12. The predicted molar refractivity (Wildman–Crippen MR) is 80.9 cm³/mol. The third-order valence-corrected chi connectivity index (χ3v) is 4.17. The van der Waals surface area contributed by atoms with Crippen LogP contribution in [0.4, 0.5) is 0 Å². The summed E-state index contributed by atoms with van der Waals surface area (Å²) in [5, 5.41) is 15.6. The van der Waals surface area contributed by atoms with E-state index in [-0.39, 0.29) is 12.1 Å². The zero-order valence-electron chi connectivity index (χ0n) is 11.9. The highest BCUT2D eigenvalue weighted by Crippen LogP contribution is 2.18. The van der Waals surface area contributed by atoms with E-state index in [0.717, 1.165) is 5.56 Å². The molecule has 6 nitrogen and oxygen atoms in total.